The van der Waals surface area contributed by atoms with Crippen LogP contribution < -0.4 is 5.73 Å². The lowest BCUT2D eigenvalue weighted by Gasteiger charge is -1.95. The molecule has 0 fully saturated rings. The molecule has 0 radical (unpaired) electrons. The van der Waals surface area contributed by atoms with Crippen LogP contribution in [0.3, 0.4) is 0 Å². The lowest BCUT2D eigenvalue weighted by atomic mass is 10.2. The Kier molecular flexibility index (Phi) is 5.80. The number of carbonyl (C=O) groups is 1. The number of rotatable bonds is 2. The molecule has 0 amide bonds. The highest BCUT2D eigenvalue weighted by Crippen LogP contribution is 2.08. The van der Waals surface area contributed by atoms with Crippen molar-refractivity contribution in [1.29, 1.82) is 0 Å². The summed E-state index contributed by atoms with van der Waals surface area (Å²) in [6, 6.07) is 5.26. The number of carboxylic acids is 1. The molecule has 1 atom stereocenters. The van der Waals surface area contributed by atoms with E-state index in [2.05, 4.69) is 0 Å². The number of aliphatic carboxylic acids is 1. The van der Waals surface area contributed by atoms with Gasteiger partial charge in [0.05, 0.1) is 4.90 Å². The van der Waals surface area contributed by atoms with E-state index in [0.29, 0.717) is 0 Å². The second-order valence-electron chi connectivity index (χ2n) is 3.42. The van der Waals surface area contributed by atoms with E-state index in [-0.39, 0.29) is 4.90 Å². The van der Waals surface area contributed by atoms with Crippen LogP contribution in [0, 0.1) is 6.92 Å². The molecule has 0 aromatic heterocycles. The van der Waals surface area contributed by atoms with E-state index < -0.39 is 22.1 Å². The zero-order chi connectivity index (χ0) is 13.6. The molecule has 0 unspecified atom stereocenters. The summed E-state index contributed by atoms with van der Waals surface area (Å²) in [4.78, 5) is 9.51. The van der Waals surface area contributed by atoms with Gasteiger partial charge in [-0.25, -0.2) is 0 Å². The molecule has 1 aromatic carbocycles. The monoisotopic (exact) mass is 261 g/mol. The first kappa shape index (κ1) is 15.6. The van der Waals surface area contributed by atoms with Crippen molar-refractivity contribution in [2.75, 3.05) is 0 Å². The summed E-state index contributed by atoms with van der Waals surface area (Å²) in [6.45, 7) is 3.26. The molecule has 6 nitrogen and oxygen atoms in total. The van der Waals surface area contributed by atoms with Crippen molar-refractivity contribution in [2.45, 2.75) is 24.8 Å². The fraction of sp³-hybridized carbons (Fsp3) is 0.300. The van der Waals surface area contributed by atoms with Crippen LogP contribution in [-0.4, -0.2) is 30.1 Å². The topological polar surface area (TPSA) is 118 Å². The summed E-state index contributed by atoms with van der Waals surface area (Å²) >= 11 is 0. The number of benzene rings is 1. The third-order valence-corrected chi connectivity index (χ3v) is 2.58. The first-order chi connectivity index (χ1) is 7.64. The normalized spacial score (nSPS) is 12.2. The molecule has 0 saturated heterocycles. The van der Waals surface area contributed by atoms with E-state index in [1.165, 1.54) is 19.1 Å². The Hall–Kier alpha value is -1.44. The van der Waals surface area contributed by atoms with Gasteiger partial charge in [0, 0.05) is 0 Å². The average Bonchev–Trinajstić information content (AvgIpc) is 2.17. The van der Waals surface area contributed by atoms with E-state index in [9.17, 15) is 13.2 Å². The number of aryl methyl sites for hydroxylation is 1. The molecule has 0 aliphatic carbocycles. The highest BCUT2D eigenvalue weighted by molar-refractivity contribution is 7.85. The largest absolute Gasteiger partial charge is 0.480 e. The van der Waals surface area contributed by atoms with Crippen molar-refractivity contribution in [3.05, 3.63) is 29.8 Å². The van der Waals surface area contributed by atoms with Gasteiger partial charge in [0.15, 0.2) is 0 Å². The molecular weight excluding hydrogens is 246 g/mol. The Labute approximate surface area is 99.8 Å². The maximum absolute atomic E-state index is 10.5. The van der Waals surface area contributed by atoms with Gasteiger partial charge in [-0.2, -0.15) is 8.42 Å². The average molecular weight is 261 g/mol. The second-order valence-corrected chi connectivity index (χ2v) is 4.84. The van der Waals surface area contributed by atoms with Crippen molar-refractivity contribution in [2.24, 2.45) is 5.73 Å². The molecule has 7 heteroatoms. The zero-order valence-electron chi connectivity index (χ0n) is 9.49. The van der Waals surface area contributed by atoms with Crippen molar-refractivity contribution < 1.29 is 22.9 Å². The molecule has 1 aromatic rings. The van der Waals surface area contributed by atoms with Crippen LogP contribution in [0.25, 0.3) is 0 Å². The Balaban J connectivity index is 0.000000366. The minimum atomic E-state index is -4.02. The molecular formula is C10H15NO5S. The molecule has 0 aliphatic rings. The van der Waals surface area contributed by atoms with Gasteiger partial charge in [0.2, 0.25) is 0 Å². The molecule has 4 N–H and O–H groups in total. The SMILES string of the molecule is C[C@@H](N)C(=O)O.Cc1ccc(S(=O)(=O)O)cc1. The number of carboxylic acid groups (broad SMARTS) is 1. The van der Waals surface area contributed by atoms with Gasteiger partial charge in [0.25, 0.3) is 10.1 Å². The van der Waals surface area contributed by atoms with Gasteiger partial charge in [-0.05, 0) is 26.0 Å². The Morgan fingerprint density at radius 3 is 1.88 bits per heavy atom. The highest BCUT2D eigenvalue weighted by atomic mass is 32.2. The lowest BCUT2D eigenvalue weighted by Crippen LogP contribution is -2.25. The van der Waals surface area contributed by atoms with Crippen molar-refractivity contribution in [3.8, 4) is 0 Å². The van der Waals surface area contributed by atoms with Crippen LogP contribution in [0.5, 0.6) is 0 Å². The smallest absolute Gasteiger partial charge is 0.320 e. The summed E-state index contributed by atoms with van der Waals surface area (Å²) in [7, 11) is -4.02. The first-order valence-electron chi connectivity index (χ1n) is 4.67. The molecule has 0 saturated carbocycles. The van der Waals surface area contributed by atoms with Gasteiger partial charge >= 0.3 is 5.97 Å². The predicted molar refractivity (Wildman–Crippen MR) is 62.3 cm³/mol. The summed E-state index contributed by atoms with van der Waals surface area (Å²) in [6.07, 6.45) is 0. The van der Waals surface area contributed by atoms with Crippen LogP contribution in [-0.2, 0) is 14.9 Å². The third kappa shape index (κ3) is 6.67. The minimum Gasteiger partial charge on any atom is -0.480 e. The number of hydrogen-bond donors (Lipinski definition) is 3. The lowest BCUT2D eigenvalue weighted by molar-refractivity contribution is -0.138. The minimum absolute atomic E-state index is 0.0666. The zero-order valence-corrected chi connectivity index (χ0v) is 10.3. The summed E-state index contributed by atoms with van der Waals surface area (Å²) < 4.78 is 29.6. The number of hydrogen-bond acceptors (Lipinski definition) is 4. The van der Waals surface area contributed by atoms with Crippen LogP contribution in [0.1, 0.15) is 12.5 Å². The molecule has 17 heavy (non-hydrogen) atoms. The fourth-order valence-electron chi connectivity index (χ4n) is 0.710. The summed E-state index contributed by atoms with van der Waals surface area (Å²) in [5.41, 5.74) is 5.79. The Morgan fingerprint density at radius 2 is 1.65 bits per heavy atom. The van der Waals surface area contributed by atoms with E-state index in [0.717, 1.165) is 5.56 Å². The molecule has 0 heterocycles. The predicted octanol–water partition coefficient (Wildman–Crippen LogP) is 0.660. The van der Waals surface area contributed by atoms with Crippen LogP contribution in [0.15, 0.2) is 29.2 Å². The maximum atomic E-state index is 10.5. The highest BCUT2D eigenvalue weighted by Gasteiger charge is 2.06. The van der Waals surface area contributed by atoms with Crippen molar-refractivity contribution in [1.82, 2.24) is 0 Å². The van der Waals surface area contributed by atoms with E-state index in [1.54, 1.807) is 12.1 Å². The van der Waals surface area contributed by atoms with Gasteiger partial charge in [-0.1, -0.05) is 17.7 Å². The second kappa shape index (κ2) is 6.33. The van der Waals surface area contributed by atoms with Gasteiger partial charge in [0.1, 0.15) is 6.04 Å². The summed E-state index contributed by atoms with van der Waals surface area (Å²) in [5, 5.41) is 7.87. The first-order valence-corrected chi connectivity index (χ1v) is 6.11. The van der Waals surface area contributed by atoms with Gasteiger partial charge in [-0.15, -0.1) is 0 Å². The third-order valence-electron chi connectivity index (χ3n) is 1.71. The van der Waals surface area contributed by atoms with Crippen molar-refractivity contribution in [3.63, 3.8) is 0 Å². The van der Waals surface area contributed by atoms with E-state index in [1.807, 2.05) is 6.92 Å². The molecule has 96 valence electrons. The molecule has 0 bridgehead atoms. The standard InChI is InChI=1S/C7H8O3S.C3H7NO2/c1-6-2-4-7(5-3-6)11(8,9)10;1-2(4)3(5)6/h2-5H,1H3,(H,8,9,10);2H,4H2,1H3,(H,5,6)/t;2-/m.1/s1. The Morgan fingerprint density at radius 1 is 1.29 bits per heavy atom. The number of nitrogens with two attached hydrogens (primary N) is 1. The molecule has 0 aliphatic heterocycles. The fourth-order valence-corrected chi connectivity index (χ4v) is 1.19. The van der Waals surface area contributed by atoms with Crippen LogP contribution in [0.4, 0.5) is 0 Å². The van der Waals surface area contributed by atoms with Gasteiger partial charge < -0.3 is 10.8 Å². The maximum Gasteiger partial charge on any atom is 0.320 e. The van der Waals surface area contributed by atoms with Crippen LogP contribution in [0.2, 0.25) is 0 Å². The summed E-state index contributed by atoms with van der Waals surface area (Å²) in [5.74, 6) is -0.963. The van der Waals surface area contributed by atoms with Crippen LogP contribution >= 0.6 is 0 Å². The van der Waals surface area contributed by atoms with E-state index >= 15 is 0 Å². The van der Waals surface area contributed by atoms with Crippen molar-refractivity contribution >= 4 is 16.1 Å². The van der Waals surface area contributed by atoms with Gasteiger partial charge in [-0.3, -0.25) is 9.35 Å². The Bertz CT molecular complexity index is 464. The molecule has 1 rings (SSSR count). The molecule has 0 spiro atoms. The van der Waals surface area contributed by atoms with E-state index in [4.69, 9.17) is 15.4 Å². The quantitative estimate of drug-likeness (QED) is 0.673.